The van der Waals surface area contributed by atoms with E-state index in [2.05, 4.69) is 422 Å². The first kappa shape index (κ1) is 68.3. The van der Waals surface area contributed by atoms with E-state index in [1.807, 2.05) is 6.07 Å². The zero-order valence-corrected chi connectivity index (χ0v) is 65.4. The van der Waals surface area contributed by atoms with Gasteiger partial charge in [0.1, 0.15) is 44.7 Å². The minimum atomic E-state index is -0.392. The van der Waals surface area contributed by atoms with Crippen LogP contribution in [0.3, 0.4) is 0 Å². The summed E-state index contributed by atoms with van der Waals surface area (Å²) in [6, 6.07) is 153. The molecular weight excluding hydrogens is 1470 g/mol. The van der Waals surface area contributed by atoms with Crippen LogP contribution in [0.5, 0.6) is 0 Å². The van der Waals surface area contributed by atoms with Crippen molar-refractivity contribution >= 4 is 145 Å². The molecule has 0 amide bonds. The maximum Gasteiger partial charge on any atom is 0.252 e. The van der Waals surface area contributed by atoms with Gasteiger partial charge in [0, 0.05) is 110 Å². The normalized spacial score (nSPS) is 12.4. The molecule has 4 aromatic heterocycles. The first-order valence-corrected chi connectivity index (χ1v) is 41.4. The van der Waals surface area contributed by atoms with E-state index in [-0.39, 0.29) is 0 Å². The molecule has 0 fully saturated rings. The minimum Gasteiger partial charge on any atom is -0.455 e. The lowest BCUT2D eigenvalue weighted by Gasteiger charge is -2.46. The highest BCUT2D eigenvalue weighted by Gasteiger charge is 2.46. The number of anilines is 6. The SMILES string of the molecule is c1ccc(-c2cccc(-c3cccc(-c4cccc5c4oc4ccccc45)c3N3c4ccc(-c5ccccc5)cc4B4c5cc(-c6ccccc6)ccc5N(c5c(-c6cccc(-c7ccccc7)c6)cccc5-c5cccc6c5oc5ccccc56)c5cc(-c6cc(-c7cccc8c7oc7ccccc78)c7oc8ccccc8c7c6)cc3c54)c2)cc1. The highest BCUT2D eigenvalue weighted by atomic mass is 16.3. The molecule has 0 spiro atoms. The summed E-state index contributed by atoms with van der Waals surface area (Å²) in [5.74, 6) is 0. The molecule has 562 valence electrons. The van der Waals surface area contributed by atoms with Gasteiger partial charge in [0.05, 0.1) is 11.4 Å². The molecule has 19 aromatic carbocycles. The van der Waals surface area contributed by atoms with Crippen LogP contribution in [0.25, 0.3) is 199 Å². The Bertz CT molecular complexity index is 7820. The predicted octanol–water partition coefficient (Wildman–Crippen LogP) is 30.0. The van der Waals surface area contributed by atoms with Crippen LogP contribution in [0.15, 0.2) is 436 Å². The van der Waals surface area contributed by atoms with Crippen molar-refractivity contribution in [2.75, 3.05) is 9.80 Å². The Kier molecular flexibility index (Phi) is 15.4. The Balaban J connectivity index is 0.868. The Hall–Kier alpha value is -16.0. The van der Waals surface area contributed by atoms with E-state index in [9.17, 15) is 0 Å². The Morgan fingerprint density at radius 1 is 0.165 bits per heavy atom. The summed E-state index contributed by atoms with van der Waals surface area (Å²) in [7, 11) is 0. The molecule has 2 aliphatic heterocycles. The molecule has 121 heavy (non-hydrogen) atoms. The van der Waals surface area contributed by atoms with Crippen LogP contribution < -0.4 is 26.2 Å². The van der Waals surface area contributed by atoms with E-state index in [0.29, 0.717) is 0 Å². The second kappa shape index (κ2) is 27.3. The van der Waals surface area contributed by atoms with Gasteiger partial charge in [-0.1, -0.05) is 346 Å². The first-order valence-electron chi connectivity index (χ1n) is 41.4. The summed E-state index contributed by atoms with van der Waals surface area (Å²) >= 11 is 0. The molecule has 0 N–H and O–H groups in total. The Morgan fingerprint density at radius 2 is 0.455 bits per heavy atom. The largest absolute Gasteiger partial charge is 0.455 e. The van der Waals surface area contributed by atoms with Crippen LogP contribution in [0.1, 0.15) is 0 Å². The second-order valence-corrected chi connectivity index (χ2v) is 31.9. The molecule has 2 aliphatic rings. The fraction of sp³-hybridized carbons (Fsp3) is 0. The molecule has 0 aliphatic carbocycles. The van der Waals surface area contributed by atoms with Crippen molar-refractivity contribution in [1.82, 2.24) is 0 Å². The van der Waals surface area contributed by atoms with E-state index in [4.69, 9.17) is 17.7 Å². The average Bonchev–Trinajstić information content (AvgIpc) is 1.47. The van der Waals surface area contributed by atoms with Crippen molar-refractivity contribution in [2.24, 2.45) is 0 Å². The van der Waals surface area contributed by atoms with Gasteiger partial charge in [0.2, 0.25) is 0 Å². The fourth-order valence-corrected chi connectivity index (χ4v) is 19.8. The summed E-state index contributed by atoms with van der Waals surface area (Å²) in [5, 5.41) is 8.29. The van der Waals surface area contributed by atoms with Gasteiger partial charge in [-0.25, -0.2) is 0 Å². The van der Waals surface area contributed by atoms with Crippen LogP contribution in [-0.2, 0) is 0 Å². The van der Waals surface area contributed by atoms with E-state index in [1.54, 1.807) is 0 Å². The third-order valence-corrected chi connectivity index (χ3v) is 25.3. The third kappa shape index (κ3) is 10.8. The molecule has 0 bridgehead atoms. The van der Waals surface area contributed by atoms with Crippen LogP contribution in [0.4, 0.5) is 34.1 Å². The smallest absolute Gasteiger partial charge is 0.252 e. The quantitative estimate of drug-likeness (QED) is 0.114. The number of furan rings is 4. The lowest BCUT2D eigenvalue weighted by molar-refractivity contribution is 0.665. The molecule has 7 heteroatoms. The zero-order chi connectivity index (χ0) is 79.3. The molecule has 0 atom stereocenters. The molecular formula is C114H69BN2O4. The molecule has 0 saturated heterocycles. The highest BCUT2D eigenvalue weighted by molar-refractivity contribution is 7.00. The molecule has 25 rings (SSSR count). The number of benzene rings is 19. The number of para-hydroxylation sites is 9. The molecule has 6 nitrogen and oxygen atoms in total. The molecule has 0 unspecified atom stereocenters. The van der Waals surface area contributed by atoms with E-state index in [0.717, 1.165) is 250 Å². The lowest BCUT2D eigenvalue weighted by atomic mass is 9.33. The lowest BCUT2D eigenvalue weighted by Crippen LogP contribution is -2.61. The molecule has 23 aromatic rings. The summed E-state index contributed by atoms with van der Waals surface area (Å²) in [5.41, 5.74) is 36.9. The summed E-state index contributed by atoms with van der Waals surface area (Å²) in [6.07, 6.45) is 0. The van der Waals surface area contributed by atoms with Crippen molar-refractivity contribution in [3.63, 3.8) is 0 Å². The van der Waals surface area contributed by atoms with Crippen LogP contribution in [-0.4, -0.2) is 6.71 Å². The summed E-state index contributed by atoms with van der Waals surface area (Å²) in [6.45, 7) is -0.392. The van der Waals surface area contributed by atoms with Gasteiger partial charge in [0.15, 0.2) is 0 Å². The van der Waals surface area contributed by atoms with E-state index < -0.39 is 6.71 Å². The number of hydrogen-bond donors (Lipinski definition) is 0. The van der Waals surface area contributed by atoms with Crippen molar-refractivity contribution in [1.29, 1.82) is 0 Å². The van der Waals surface area contributed by atoms with Crippen LogP contribution in [0.2, 0.25) is 0 Å². The van der Waals surface area contributed by atoms with Gasteiger partial charge in [-0.2, -0.15) is 0 Å². The Morgan fingerprint density at radius 3 is 0.860 bits per heavy atom. The molecule has 6 heterocycles. The van der Waals surface area contributed by atoms with E-state index in [1.165, 1.54) is 0 Å². The molecule has 0 saturated carbocycles. The predicted molar refractivity (Wildman–Crippen MR) is 504 cm³/mol. The van der Waals surface area contributed by atoms with Crippen molar-refractivity contribution in [3.8, 4) is 111 Å². The zero-order valence-electron chi connectivity index (χ0n) is 65.4. The van der Waals surface area contributed by atoms with Crippen LogP contribution in [0, 0.1) is 0 Å². The molecule has 0 radical (unpaired) electrons. The second-order valence-electron chi connectivity index (χ2n) is 31.9. The maximum absolute atomic E-state index is 7.27. The van der Waals surface area contributed by atoms with Crippen molar-refractivity contribution < 1.29 is 17.7 Å². The Labute approximate surface area is 697 Å². The number of rotatable bonds is 12. The average molecular weight is 1540 g/mol. The number of nitrogens with zero attached hydrogens (tertiary/aromatic N) is 2. The standard InChI is InChI=1S/C114H69BN2O4/c1-5-28-70(29-6-1)74-36-21-38-78(62-74)82-44-23-46-88(93-51-25-48-90-84-40-13-17-54-104(84)118-111(90)93)109(82)116-100-60-58-76(72-32-9-3-10-33-72)66-98(100)115-99-67-77(73-34-11-4-12-35-73)59-61-101(99)117(110-83(79-39-22-37-75(63-79)71-30-7-2-8-31-71)45-24-47-89(110)94-52-26-49-91-85-41-14-18-55-105(85)119-112(91)94)103-69-81(68-102(116)108(103)115)80-64-96-87-43-16-20-57-107(87)121-114(96)97(65-80)95-53-27-50-92-86-42-15-19-56-106(86)120-113(92)95/h1-69H. The topological polar surface area (TPSA) is 59.0 Å². The summed E-state index contributed by atoms with van der Waals surface area (Å²) < 4.78 is 28.9. The van der Waals surface area contributed by atoms with E-state index >= 15 is 0 Å². The highest BCUT2D eigenvalue weighted by Crippen LogP contribution is 2.57. The van der Waals surface area contributed by atoms with Crippen molar-refractivity contribution in [3.05, 3.63) is 419 Å². The minimum absolute atomic E-state index is 0.392. The van der Waals surface area contributed by atoms with Crippen molar-refractivity contribution in [2.45, 2.75) is 0 Å². The monoisotopic (exact) mass is 1540 g/mol. The van der Waals surface area contributed by atoms with Gasteiger partial charge in [0.25, 0.3) is 6.71 Å². The maximum atomic E-state index is 7.27. The fourth-order valence-electron chi connectivity index (χ4n) is 19.8. The third-order valence-electron chi connectivity index (χ3n) is 25.3. The van der Waals surface area contributed by atoms with Gasteiger partial charge in [-0.15, -0.1) is 0 Å². The van der Waals surface area contributed by atoms with Gasteiger partial charge in [-0.3, -0.25) is 0 Å². The van der Waals surface area contributed by atoms with Gasteiger partial charge in [-0.05, 0) is 156 Å². The number of hydrogen-bond acceptors (Lipinski definition) is 6. The van der Waals surface area contributed by atoms with Gasteiger partial charge < -0.3 is 27.5 Å². The summed E-state index contributed by atoms with van der Waals surface area (Å²) in [4.78, 5) is 5.31. The van der Waals surface area contributed by atoms with Gasteiger partial charge >= 0.3 is 0 Å². The van der Waals surface area contributed by atoms with Crippen LogP contribution >= 0.6 is 0 Å². The number of fused-ring (bicyclic) bond motifs is 16. The first-order chi connectivity index (χ1) is 60.0.